The van der Waals surface area contributed by atoms with Crippen LogP contribution in [0, 0.1) is 11.3 Å². The zero-order valence-electron chi connectivity index (χ0n) is 17.7. The molecule has 166 valence electrons. The molecule has 2 amide bonds. The summed E-state index contributed by atoms with van der Waals surface area (Å²) in [5.41, 5.74) is 1.25. The number of hydrogen-bond donors (Lipinski definition) is 3. The van der Waals surface area contributed by atoms with E-state index in [1.807, 2.05) is 12.1 Å². The fraction of sp³-hybridized carbons (Fsp3) is 0.0800. The van der Waals surface area contributed by atoms with Gasteiger partial charge in [0.2, 0.25) is 0 Å². The average molecular weight is 443 g/mol. The van der Waals surface area contributed by atoms with Crippen LogP contribution in [0.3, 0.4) is 0 Å². The van der Waals surface area contributed by atoms with Crippen molar-refractivity contribution in [2.24, 2.45) is 0 Å². The predicted molar refractivity (Wildman–Crippen MR) is 124 cm³/mol. The number of hydrogen-bond acceptors (Lipinski definition) is 6. The van der Waals surface area contributed by atoms with E-state index in [4.69, 9.17) is 9.47 Å². The van der Waals surface area contributed by atoms with Gasteiger partial charge in [0, 0.05) is 16.9 Å². The molecule has 0 bridgehead atoms. The summed E-state index contributed by atoms with van der Waals surface area (Å²) in [6.45, 7) is -0.308. The first kappa shape index (κ1) is 22.9. The molecule has 0 aliphatic rings. The van der Waals surface area contributed by atoms with Crippen LogP contribution >= 0.6 is 0 Å². The average Bonchev–Trinajstić information content (AvgIpc) is 2.83. The Morgan fingerprint density at radius 1 is 0.970 bits per heavy atom. The van der Waals surface area contributed by atoms with E-state index in [1.165, 1.54) is 37.5 Å². The van der Waals surface area contributed by atoms with Crippen LogP contribution in [-0.4, -0.2) is 30.6 Å². The lowest BCUT2D eigenvalue weighted by Gasteiger charge is -2.14. The minimum Gasteiger partial charge on any atom is -0.508 e. The first-order valence-electron chi connectivity index (χ1n) is 9.87. The Morgan fingerprint density at radius 3 is 2.33 bits per heavy atom. The Hall–Kier alpha value is -4.77. The van der Waals surface area contributed by atoms with Crippen molar-refractivity contribution < 1.29 is 24.2 Å². The zero-order chi connectivity index (χ0) is 23.6. The molecule has 0 fully saturated rings. The fourth-order valence-corrected chi connectivity index (χ4v) is 2.87. The van der Waals surface area contributed by atoms with Crippen molar-refractivity contribution in [1.82, 2.24) is 0 Å². The summed E-state index contributed by atoms with van der Waals surface area (Å²) in [6.07, 6.45) is 1.35. The first-order valence-corrected chi connectivity index (χ1v) is 9.87. The number of aromatic hydroxyl groups is 1. The van der Waals surface area contributed by atoms with E-state index in [1.54, 1.807) is 42.5 Å². The smallest absolute Gasteiger partial charge is 0.266 e. The van der Waals surface area contributed by atoms with E-state index in [0.29, 0.717) is 22.7 Å². The lowest BCUT2D eigenvalue weighted by Crippen LogP contribution is -2.20. The second-order valence-electron chi connectivity index (χ2n) is 6.75. The summed E-state index contributed by atoms with van der Waals surface area (Å²) >= 11 is 0. The number of ether oxygens (including phenoxy) is 2. The van der Waals surface area contributed by atoms with E-state index < -0.39 is 5.91 Å². The van der Waals surface area contributed by atoms with Crippen LogP contribution in [0.15, 0.2) is 78.4 Å². The number of nitrogens with zero attached hydrogens (tertiary/aromatic N) is 1. The van der Waals surface area contributed by atoms with Gasteiger partial charge in [-0.25, -0.2) is 0 Å². The topological polar surface area (TPSA) is 121 Å². The molecular weight excluding hydrogens is 422 g/mol. The predicted octanol–water partition coefficient (Wildman–Crippen LogP) is 3.96. The van der Waals surface area contributed by atoms with E-state index in [0.717, 1.165) is 0 Å². The molecule has 8 nitrogen and oxygen atoms in total. The second-order valence-corrected chi connectivity index (χ2v) is 6.75. The number of phenols is 1. The van der Waals surface area contributed by atoms with Gasteiger partial charge in [0.25, 0.3) is 11.8 Å². The van der Waals surface area contributed by atoms with Gasteiger partial charge < -0.3 is 25.2 Å². The van der Waals surface area contributed by atoms with Crippen molar-refractivity contribution in [2.45, 2.75) is 0 Å². The second kappa shape index (κ2) is 11.0. The van der Waals surface area contributed by atoms with Crippen molar-refractivity contribution >= 4 is 29.3 Å². The maximum absolute atomic E-state index is 12.6. The Labute approximate surface area is 190 Å². The van der Waals surface area contributed by atoms with E-state index in [9.17, 15) is 20.0 Å². The molecule has 0 saturated heterocycles. The molecule has 0 saturated carbocycles. The number of carbonyl (C=O) groups is 2. The summed E-state index contributed by atoms with van der Waals surface area (Å²) in [7, 11) is 1.45. The van der Waals surface area contributed by atoms with Crippen LogP contribution in [0.4, 0.5) is 11.4 Å². The van der Waals surface area contributed by atoms with Crippen molar-refractivity contribution in [3.05, 3.63) is 83.9 Å². The van der Waals surface area contributed by atoms with Gasteiger partial charge in [0.1, 0.15) is 17.4 Å². The highest BCUT2D eigenvalue weighted by molar-refractivity contribution is 6.10. The molecule has 0 radical (unpaired) electrons. The van der Waals surface area contributed by atoms with Crippen molar-refractivity contribution in [1.29, 1.82) is 5.26 Å². The third-order valence-electron chi connectivity index (χ3n) is 4.42. The number of methoxy groups -OCH3 is 1. The third-order valence-corrected chi connectivity index (χ3v) is 4.42. The number of benzene rings is 3. The highest BCUT2D eigenvalue weighted by Gasteiger charge is 2.15. The fourth-order valence-electron chi connectivity index (χ4n) is 2.87. The molecule has 3 aromatic rings. The minimum atomic E-state index is -0.640. The molecule has 8 heteroatoms. The van der Waals surface area contributed by atoms with Gasteiger partial charge in [-0.15, -0.1) is 0 Å². The largest absolute Gasteiger partial charge is 0.508 e. The molecule has 0 aromatic heterocycles. The Morgan fingerprint density at radius 2 is 1.67 bits per heavy atom. The van der Waals surface area contributed by atoms with Crippen LogP contribution in [-0.2, 0) is 9.59 Å². The van der Waals surface area contributed by atoms with Gasteiger partial charge >= 0.3 is 0 Å². The number of para-hydroxylation sites is 2. The van der Waals surface area contributed by atoms with E-state index in [-0.39, 0.29) is 29.6 Å². The molecule has 3 rings (SSSR count). The number of anilines is 2. The van der Waals surface area contributed by atoms with E-state index in [2.05, 4.69) is 10.6 Å². The summed E-state index contributed by atoms with van der Waals surface area (Å²) in [4.78, 5) is 24.9. The molecule has 3 aromatic carbocycles. The number of nitrogens with one attached hydrogen (secondary N) is 2. The summed E-state index contributed by atoms with van der Waals surface area (Å²) in [6, 6.07) is 21.6. The van der Waals surface area contributed by atoms with Gasteiger partial charge in [-0.3, -0.25) is 9.59 Å². The van der Waals surface area contributed by atoms with Gasteiger partial charge in [0.05, 0.1) is 7.11 Å². The quantitative estimate of drug-likeness (QED) is 0.275. The van der Waals surface area contributed by atoms with Crippen LogP contribution < -0.4 is 20.1 Å². The molecule has 33 heavy (non-hydrogen) atoms. The van der Waals surface area contributed by atoms with Crippen LogP contribution in [0.2, 0.25) is 0 Å². The maximum atomic E-state index is 12.6. The van der Waals surface area contributed by atoms with Crippen LogP contribution in [0.5, 0.6) is 17.2 Å². The van der Waals surface area contributed by atoms with Crippen molar-refractivity contribution in [2.75, 3.05) is 24.4 Å². The lowest BCUT2D eigenvalue weighted by molar-refractivity contribution is -0.118. The third kappa shape index (κ3) is 6.35. The van der Waals surface area contributed by atoms with Crippen LogP contribution in [0.1, 0.15) is 5.56 Å². The van der Waals surface area contributed by atoms with Crippen molar-refractivity contribution in [3.63, 3.8) is 0 Å². The minimum absolute atomic E-state index is 0.0542. The molecule has 0 atom stereocenters. The normalized spacial score (nSPS) is 10.6. The van der Waals surface area contributed by atoms with Crippen LogP contribution in [0.25, 0.3) is 6.08 Å². The number of rotatable bonds is 8. The highest BCUT2D eigenvalue weighted by Crippen LogP contribution is 2.33. The standard InChI is InChI=1S/C25H21N3O5/c1-32-22-9-5-6-17(24(22)33-16-23(30)27-19-7-3-2-4-8-19)14-18(15-26)25(31)28-20-10-12-21(29)13-11-20/h2-14,29H,16H2,1H3,(H,27,30)(H,28,31)/b18-14-. The SMILES string of the molecule is COc1cccc(/C=C(/C#N)C(=O)Nc2ccc(O)cc2)c1OCC(=O)Nc1ccccc1. The summed E-state index contributed by atoms with van der Waals surface area (Å²) in [5.74, 6) is -0.411. The first-order chi connectivity index (χ1) is 16.0. The number of amides is 2. The molecule has 0 spiro atoms. The Bertz CT molecular complexity index is 1200. The maximum Gasteiger partial charge on any atom is 0.266 e. The molecule has 0 aliphatic heterocycles. The molecule has 0 unspecified atom stereocenters. The number of phenolic OH excluding ortho intramolecular Hbond substituents is 1. The van der Waals surface area contributed by atoms with Gasteiger partial charge in [-0.05, 0) is 48.5 Å². The Balaban J connectivity index is 1.79. The zero-order valence-corrected chi connectivity index (χ0v) is 17.7. The van der Waals surface area contributed by atoms with Crippen molar-refractivity contribution in [3.8, 4) is 23.3 Å². The van der Waals surface area contributed by atoms with Gasteiger partial charge in [0.15, 0.2) is 18.1 Å². The molecule has 3 N–H and O–H groups in total. The molecule has 0 aliphatic carbocycles. The summed E-state index contributed by atoms with van der Waals surface area (Å²) < 4.78 is 11.0. The Kier molecular flexibility index (Phi) is 7.65. The number of carbonyl (C=O) groups excluding carboxylic acids is 2. The molecular formula is C25H21N3O5. The molecule has 0 heterocycles. The van der Waals surface area contributed by atoms with Gasteiger partial charge in [-0.2, -0.15) is 5.26 Å². The highest BCUT2D eigenvalue weighted by atomic mass is 16.5. The van der Waals surface area contributed by atoms with Gasteiger partial charge in [-0.1, -0.05) is 30.3 Å². The summed E-state index contributed by atoms with van der Waals surface area (Å²) in [5, 5.41) is 24.2. The van der Waals surface area contributed by atoms with E-state index >= 15 is 0 Å². The monoisotopic (exact) mass is 443 g/mol. The number of nitriles is 1. The lowest BCUT2D eigenvalue weighted by atomic mass is 10.1.